The van der Waals surface area contributed by atoms with E-state index in [0.29, 0.717) is 6.42 Å². The zero-order valence-corrected chi connectivity index (χ0v) is 10.2. The van der Waals surface area contributed by atoms with Crippen LogP contribution in [0.25, 0.3) is 0 Å². The Morgan fingerprint density at radius 3 is 2.94 bits per heavy atom. The van der Waals surface area contributed by atoms with E-state index in [9.17, 15) is 9.90 Å². The monoisotopic (exact) mass is 236 g/mol. The molecule has 0 bridgehead atoms. The zero-order chi connectivity index (χ0) is 11.6. The molecule has 0 aliphatic carbocycles. The minimum absolute atomic E-state index is 0.576. The van der Waals surface area contributed by atoms with Crippen LogP contribution in [0, 0.1) is 6.92 Å². The molecule has 1 saturated heterocycles. The van der Waals surface area contributed by atoms with E-state index >= 15 is 0 Å². The summed E-state index contributed by atoms with van der Waals surface area (Å²) in [4.78, 5) is 11.4. The van der Waals surface area contributed by atoms with Crippen molar-refractivity contribution < 1.29 is 9.90 Å². The number of thioether (sulfide) groups is 1. The van der Waals surface area contributed by atoms with E-state index in [1.165, 1.54) is 5.56 Å². The van der Waals surface area contributed by atoms with Crippen LogP contribution in [-0.2, 0) is 11.2 Å². The number of benzene rings is 1. The van der Waals surface area contributed by atoms with Gasteiger partial charge in [0.15, 0.2) is 0 Å². The van der Waals surface area contributed by atoms with Crippen molar-refractivity contribution in [2.24, 2.45) is 0 Å². The molecule has 0 amide bonds. The molecule has 3 heteroatoms. The molecular formula is C13H16O2S. The zero-order valence-electron chi connectivity index (χ0n) is 9.40. The first kappa shape index (κ1) is 11.5. The van der Waals surface area contributed by atoms with Crippen LogP contribution < -0.4 is 0 Å². The number of aryl methyl sites for hydroxylation is 1. The predicted molar refractivity (Wildman–Crippen MR) is 66.9 cm³/mol. The van der Waals surface area contributed by atoms with Gasteiger partial charge in [-0.3, -0.25) is 4.79 Å². The van der Waals surface area contributed by atoms with Gasteiger partial charge in [0.2, 0.25) is 0 Å². The highest BCUT2D eigenvalue weighted by Gasteiger charge is 2.42. The lowest BCUT2D eigenvalue weighted by Crippen LogP contribution is -2.34. The highest BCUT2D eigenvalue weighted by molar-refractivity contribution is 8.01. The summed E-state index contributed by atoms with van der Waals surface area (Å²) in [6.07, 6.45) is 2.46. The predicted octanol–water partition coefficient (Wildman–Crippen LogP) is 2.89. The van der Waals surface area contributed by atoms with Gasteiger partial charge in [-0.25, -0.2) is 0 Å². The molecule has 1 aromatic carbocycles. The number of carboxylic acid groups (broad SMARTS) is 1. The Morgan fingerprint density at radius 1 is 1.56 bits per heavy atom. The smallest absolute Gasteiger partial charge is 0.320 e. The van der Waals surface area contributed by atoms with Gasteiger partial charge in [0.05, 0.1) is 0 Å². The van der Waals surface area contributed by atoms with Gasteiger partial charge in [0, 0.05) is 0 Å². The average molecular weight is 236 g/mol. The fourth-order valence-electron chi connectivity index (χ4n) is 2.23. The Kier molecular flexibility index (Phi) is 3.24. The largest absolute Gasteiger partial charge is 0.480 e. The first-order valence-electron chi connectivity index (χ1n) is 5.55. The van der Waals surface area contributed by atoms with E-state index in [-0.39, 0.29) is 0 Å². The maximum atomic E-state index is 11.4. The number of hydrogen-bond donors (Lipinski definition) is 1. The molecule has 1 N–H and O–H groups in total. The standard InChI is InChI=1S/C13H16O2S/c1-10-4-2-5-11(8-10)9-13(12(14)15)6-3-7-16-13/h2,4-5,8H,3,6-7,9H2,1H3,(H,14,15). The maximum absolute atomic E-state index is 11.4. The molecule has 1 atom stereocenters. The number of rotatable bonds is 3. The topological polar surface area (TPSA) is 37.3 Å². The van der Waals surface area contributed by atoms with Crippen molar-refractivity contribution in [3.8, 4) is 0 Å². The molecule has 16 heavy (non-hydrogen) atoms. The van der Waals surface area contributed by atoms with E-state index in [1.807, 2.05) is 25.1 Å². The molecule has 0 saturated carbocycles. The van der Waals surface area contributed by atoms with Crippen LogP contribution in [0.15, 0.2) is 24.3 Å². The summed E-state index contributed by atoms with van der Waals surface area (Å²) >= 11 is 1.60. The highest BCUT2D eigenvalue weighted by atomic mass is 32.2. The second-order valence-electron chi connectivity index (χ2n) is 4.42. The van der Waals surface area contributed by atoms with E-state index < -0.39 is 10.7 Å². The van der Waals surface area contributed by atoms with Crippen LogP contribution in [-0.4, -0.2) is 21.6 Å². The first-order valence-corrected chi connectivity index (χ1v) is 6.54. The summed E-state index contributed by atoms with van der Waals surface area (Å²) in [5.74, 6) is 0.314. The maximum Gasteiger partial charge on any atom is 0.320 e. The van der Waals surface area contributed by atoms with Gasteiger partial charge in [-0.1, -0.05) is 29.8 Å². The van der Waals surface area contributed by atoms with E-state index in [4.69, 9.17) is 0 Å². The van der Waals surface area contributed by atoms with Crippen molar-refractivity contribution in [3.63, 3.8) is 0 Å². The number of aliphatic carboxylic acids is 1. The normalized spacial score (nSPS) is 24.6. The molecule has 1 heterocycles. The molecule has 2 rings (SSSR count). The molecule has 1 aliphatic rings. The molecule has 1 aliphatic heterocycles. The second-order valence-corrected chi connectivity index (χ2v) is 5.90. The molecule has 1 unspecified atom stereocenters. The van der Waals surface area contributed by atoms with Crippen molar-refractivity contribution in [2.75, 3.05) is 5.75 Å². The third-order valence-electron chi connectivity index (χ3n) is 3.07. The Labute approximate surface area is 100 Å². The third-order valence-corrected chi connectivity index (χ3v) is 4.63. The quantitative estimate of drug-likeness (QED) is 0.876. The van der Waals surface area contributed by atoms with Crippen LogP contribution >= 0.6 is 11.8 Å². The summed E-state index contributed by atoms with van der Waals surface area (Å²) in [6.45, 7) is 2.04. The summed E-state index contributed by atoms with van der Waals surface area (Å²) in [5, 5.41) is 9.37. The SMILES string of the molecule is Cc1cccc(CC2(C(=O)O)CCCS2)c1. The van der Waals surface area contributed by atoms with Gasteiger partial charge in [-0.15, -0.1) is 11.8 Å². The first-order chi connectivity index (χ1) is 7.62. The Hall–Kier alpha value is -0.960. The summed E-state index contributed by atoms with van der Waals surface area (Å²) in [5.41, 5.74) is 2.33. The minimum atomic E-state index is -0.656. The lowest BCUT2D eigenvalue weighted by molar-refractivity contribution is -0.139. The second kappa shape index (κ2) is 4.50. The molecule has 0 radical (unpaired) electrons. The Bertz CT molecular complexity index is 395. The molecule has 0 aromatic heterocycles. The molecule has 86 valence electrons. The van der Waals surface area contributed by atoms with Crippen molar-refractivity contribution in [1.29, 1.82) is 0 Å². The highest BCUT2D eigenvalue weighted by Crippen LogP contribution is 2.41. The van der Waals surface area contributed by atoms with Gasteiger partial charge >= 0.3 is 5.97 Å². The fraction of sp³-hybridized carbons (Fsp3) is 0.462. The van der Waals surface area contributed by atoms with Crippen LogP contribution in [0.2, 0.25) is 0 Å². The van der Waals surface area contributed by atoms with Crippen LogP contribution in [0.4, 0.5) is 0 Å². The lowest BCUT2D eigenvalue weighted by Gasteiger charge is -2.23. The van der Waals surface area contributed by atoms with Crippen molar-refractivity contribution in [3.05, 3.63) is 35.4 Å². The van der Waals surface area contributed by atoms with Crippen molar-refractivity contribution in [2.45, 2.75) is 30.9 Å². The van der Waals surface area contributed by atoms with Crippen LogP contribution in [0.1, 0.15) is 24.0 Å². The summed E-state index contributed by atoms with van der Waals surface area (Å²) in [6, 6.07) is 8.15. The Balaban J connectivity index is 2.21. The Morgan fingerprint density at radius 2 is 2.38 bits per heavy atom. The van der Waals surface area contributed by atoms with Gasteiger partial charge in [-0.2, -0.15) is 0 Å². The molecule has 1 fully saturated rings. The third kappa shape index (κ3) is 2.24. The van der Waals surface area contributed by atoms with Crippen molar-refractivity contribution >= 4 is 17.7 Å². The van der Waals surface area contributed by atoms with Gasteiger partial charge in [-0.05, 0) is 37.5 Å². The number of carbonyl (C=O) groups is 1. The van der Waals surface area contributed by atoms with E-state index in [2.05, 4.69) is 6.07 Å². The molecule has 1 aromatic rings. The van der Waals surface area contributed by atoms with E-state index in [1.54, 1.807) is 11.8 Å². The van der Waals surface area contributed by atoms with E-state index in [0.717, 1.165) is 24.2 Å². The minimum Gasteiger partial charge on any atom is -0.480 e. The number of hydrogen-bond acceptors (Lipinski definition) is 2. The van der Waals surface area contributed by atoms with Crippen LogP contribution in [0.3, 0.4) is 0 Å². The van der Waals surface area contributed by atoms with Crippen molar-refractivity contribution in [1.82, 2.24) is 0 Å². The average Bonchev–Trinajstić information content (AvgIpc) is 2.67. The van der Waals surface area contributed by atoms with Gasteiger partial charge in [0.25, 0.3) is 0 Å². The fourth-order valence-corrected chi connectivity index (χ4v) is 3.59. The molecular weight excluding hydrogens is 220 g/mol. The summed E-state index contributed by atoms with van der Waals surface area (Å²) < 4.78 is -0.576. The summed E-state index contributed by atoms with van der Waals surface area (Å²) in [7, 11) is 0. The van der Waals surface area contributed by atoms with Gasteiger partial charge < -0.3 is 5.11 Å². The van der Waals surface area contributed by atoms with Crippen LogP contribution in [0.5, 0.6) is 0 Å². The molecule has 0 spiro atoms. The molecule has 2 nitrogen and oxygen atoms in total. The number of carboxylic acids is 1. The van der Waals surface area contributed by atoms with Gasteiger partial charge in [0.1, 0.15) is 4.75 Å². The lowest BCUT2D eigenvalue weighted by atomic mass is 9.94.